The minimum absolute atomic E-state index is 0.00226. The van der Waals surface area contributed by atoms with Crippen LogP contribution in [0.4, 0.5) is 0 Å². The van der Waals surface area contributed by atoms with Gasteiger partial charge in [0, 0.05) is 12.0 Å². The van der Waals surface area contributed by atoms with Crippen molar-refractivity contribution in [3.05, 3.63) is 53.1 Å². The molecule has 1 aliphatic carbocycles. The highest BCUT2D eigenvalue weighted by atomic mass is 16.5. The Morgan fingerprint density at radius 1 is 1.05 bits per heavy atom. The molecule has 2 aromatic carbocycles. The van der Waals surface area contributed by atoms with Crippen LogP contribution in [-0.2, 0) is 6.42 Å². The summed E-state index contributed by atoms with van der Waals surface area (Å²) in [5.74, 6) is 1.08. The lowest BCUT2D eigenvalue weighted by molar-refractivity contribution is 0.0943. The largest absolute Gasteiger partial charge is 0.507 e. The molecule has 0 radical (unpaired) electrons. The summed E-state index contributed by atoms with van der Waals surface area (Å²) >= 11 is 0. The first-order chi connectivity index (χ1) is 10.6. The van der Waals surface area contributed by atoms with Crippen LogP contribution in [0.1, 0.15) is 33.8 Å². The monoisotopic (exact) mass is 298 g/mol. The Morgan fingerprint density at radius 3 is 2.36 bits per heavy atom. The zero-order chi connectivity index (χ0) is 15.7. The highest BCUT2D eigenvalue weighted by molar-refractivity contribution is 6.05. The molecule has 1 atom stereocenters. The van der Waals surface area contributed by atoms with Gasteiger partial charge in [-0.1, -0.05) is 12.1 Å². The second-order valence-electron chi connectivity index (χ2n) is 5.41. The fraction of sp³-hybridized carbons (Fsp3) is 0.278. The second-order valence-corrected chi connectivity index (χ2v) is 5.41. The number of phenols is 1. The molecule has 0 aromatic heterocycles. The molecule has 1 aliphatic rings. The van der Waals surface area contributed by atoms with Crippen molar-refractivity contribution in [2.45, 2.75) is 18.8 Å². The fourth-order valence-corrected chi connectivity index (χ4v) is 3.02. The van der Waals surface area contributed by atoms with E-state index in [1.165, 1.54) is 6.07 Å². The number of rotatable bonds is 3. The molecule has 0 saturated heterocycles. The van der Waals surface area contributed by atoms with Crippen LogP contribution in [0.15, 0.2) is 36.4 Å². The lowest BCUT2D eigenvalue weighted by Gasteiger charge is -2.25. The normalized spacial score (nSPS) is 17.0. The molecule has 4 nitrogen and oxygen atoms in total. The fourth-order valence-electron chi connectivity index (χ4n) is 3.02. The molecule has 0 saturated carbocycles. The van der Waals surface area contributed by atoms with Crippen LogP contribution >= 0.6 is 0 Å². The maximum Gasteiger partial charge on any atom is 0.174 e. The van der Waals surface area contributed by atoms with Crippen LogP contribution in [0.3, 0.4) is 0 Å². The van der Waals surface area contributed by atoms with Crippen molar-refractivity contribution < 1.29 is 19.4 Å². The summed E-state index contributed by atoms with van der Waals surface area (Å²) in [5, 5.41) is 10.2. The first kappa shape index (κ1) is 14.4. The van der Waals surface area contributed by atoms with E-state index in [4.69, 9.17) is 9.47 Å². The van der Waals surface area contributed by atoms with Crippen LogP contribution in [0.2, 0.25) is 0 Å². The summed E-state index contributed by atoms with van der Waals surface area (Å²) in [6.45, 7) is 0. The standard InChI is InChI=1S/C18H18O4/c1-21-13-6-3-11(4-7-13)15-8-5-12-9-14(22-2)10-16(19)17(12)18(15)20/h3-4,6-7,9-10,15,19H,5,8H2,1-2H3. The minimum Gasteiger partial charge on any atom is -0.507 e. The Kier molecular flexibility index (Phi) is 3.75. The van der Waals surface area contributed by atoms with E-state index in [-0.39, 0.29) is 17.5 Å². The zero-order valence-electron chi connectivity index (χ0n) is 12.6. The van der Waals surface area contributed by atoms with Gasteiger partial charge in [-0.3, -0.25) is 4.79 Å². The smallest absolute Gasteiger partial charge is 0.174 e. The van der Waals surface area contributed by atoms with Gasteiger partial charge >= 0.3 is 0 Å². The molecular weight excluding hydrogens is 280 g/mol. The summed E-state index contributed by atoms with van der Waals surface area (Å²) in [5.41, 5.74) is 2.23. The molecule has 1 N–H and O–H groups in total. The van der Waals surface area contributed by atoms with Crippen molar-refractivity contribution in [3.8, 4) is 17.2 Å². The topological polar surface area (TPSA) is 55.8 Å². The number of ketones is 1. The molecule has 0 aliphatic heterocycles. The van der Waals surface area contributed by atoms with Crippen molar-refractivity contribution in [1.82, 2.24) is 0 Å². The number of carbonyl (C=O) groups is 1. The average molecular weight is 298 g/mol. The number of carbonyl (C=O) groups excluding carboxylic acids is 1. The number of aryl methyl sites for hydroxylation is 1. The Hall–Kier alpha value is -2.49. The first-order valence-electron chi connectivity index (χ1n) is 7.22. The van der Waals surface area contributed by atoms with Crippen molar-refractivity contribution in [1.29, 1.82) is 0 Å². The van der Waals surface area contributed by atoms with Crippen LogP contribution in [0.25, 0.3) is 0 Å². The molecule has 4 heteroatoms. The quantitative estimate of drug-likeness (QED) is 0.944. The lowest BCUT2D eigenvalue weighted by atomic mass is 9.78. The second kappa shape index (κ2) is 5.72. The summed E-state index contributed by atoms with van der Waals surface area (Å²) < 4.78 is 10.3. The van der Waals surface area contributed by atoms with Crippen molar-refractivity contribution in [2.75, 3.05) is 14.2 Å². The number of benzene rings is 2. The summed E-state index contributed by atoms with van der Waals surface area (Å²) in [4.78, 5) is 12.8. The Morgan fingerprint density at radius 2 is 1.73 bits per heavy atom. The Bertz CT molecular complexity index is 704. The van der Waals surface area contributed by atoms with E-state index in [0.717, 1.165) is 29.7 Å². The highest BCUT2D eigenvalue weighted by Crippen LogP contribution is 2.39. The molecule has 22 heavy (non-hydrogen) atoms. The molecule has 0 spiro atoms. The molecule has 1 unspecified atom stereocenters. The van der Waals surface area contributed by atoms with Gasteiger partial charge in [-0.25, -0.2) is 0 Å². The summed E-state index contributed by atoms with van der Waals surface area (Å²) in [7, 11) is 3.16. The third-order valence-corrected chi connectivity index (χ3v) is 4.19. The van der Waals surface area contributed by atoms with Gasteiger partial charge in [-0.2, -0.15) is 0 Å². The van der Waals surface area contributed by atoms with Crippen LogP contribution < -0.4 is 9.47 Å². The number of ether oxygens (including phenoxy) is 2. The van der Waals surface area contributed by atoms with Gasteiger partial charge in [0.05, 0.1) is 19.8 Å². The number of Topliss-reactive ketones (excluding diaryl/α,β-unsaturated/α-hetero) is 1. The first-order valence-corrected chi connectivity index (χ1v) is 7.22. The van der Waals surface area contributed by atoms with Crippen molar-refractivity contribution in [2.24, 2.45) is 0 Å². The summed E-state index contributed by atoms with van der Waals surface area (Å²) in [6, 6.07) is 10.8. The number of hydrogen-bond donors (Lipinski definition) is 1. The zero-order valence-corrected chi connectivity index (χ0v) is 12.6. The summed E-state index contributed by atoms with van der Waals surface area (Å²) in [6.07, 6.45) is 1.47. The van der Waals surface area contributed by atoms with Gasteiger partial charge in [-0.15, -0.1) is 0 Å². The van der Waals surface area contributed by atoms with Gasteiger partial charge in [0.2, 0.25) is 0 Å². The van der Waals surface area contributed by atoms with Gasteiger partial charge in [0.25, 0.3) is 0 Å². The van der Waals surface area contributed by atoms with E-state index in [2.05, 4.69) is 0 Å². The van der Waals surface area contributed by atoms with Gasteiger partial charge in [-0.05, 0) is 42.2 Å². The highest BCUT2D eigenvalue weighted by Gasteiger charge is 2.31. The van der Waals surface area contributed by atoms with E-state index in [9.17, 15) is 9.90 Å². The SMILES string of the molecule is COc1ccc(C2CCc3cc(OC)cc(O)c3C2=O)cc1. The van der Waals surface area contributed by atoms with Gasteiger partial charge in [0.1, 0.15) is 17.2 Å². The molecule has 0 heterocycles. The van der Waals surface area contributed by atoms with E-state index >= 15 is 0 Å². The minimum atomic E-state index is -0.224. The number of fused-ring (bicyclic) bond motifs is 1. The maximum absolute atomic E-state index is 12.8. The van der Waals surface area contributed by atoms with Crippen LogP contribution in [0, 0.1) is 0 Å². The maximum atomic E-state index is 12.8. The molecule has 0 bridgehead atoms. The molecule has 3 rings (SSSR count). The number of aromatic hydroxyl groups is 1. The van der Waals surface area contributed by atoms with Crippen molar-refractivity contribution >= 4 is 5.78 Å². The average Bonchev–Trinajstić information content (AvgIpc) is 2.55. The Balaban J connectivity index is 1.96. The molecule has 2 aromatic rings. The number of hydrogen-bond acceptors (Lipinski definition) is 4. The van der Waals surface area contributed by atoms with E-state index in [0.29, 0.717) is 11.3 Å². The molecule has 0 amide bonds. The predicted octanol–water partition coefficient (Wildman–Crippen LogP) is 3.32. The molecule has 114 valence electrons. The third kappa shape index (κ3) is 2.41. The van der Waals surface area contributed by atoms with Crippen molar-refractivity contribution in [3.63, 3.8) is 0 Å². The van der Waals surface area contributed by atoms with E-state index < -0.39 is 0 Å². The lowest BCUT2D eigenvalue weighted by Crippen LogP contribution is -2.21. The predicted molar refractivity (Wildman–Crippen MR) is 83.0 cm³/mol. The van der Waals surface area contributed by atoms with E-state index in [1.807, 2.05) is 30.3 Å². The van der Waals surface area contributed by atoms with Gasteiger partial charge in [0.15, 0.2) is 5.78 Å². The number of methoxy groups -OCH3 is 2. The van der Waals surface area contributed by atoms with E-state index in [1.54, 1.807) is 14.2 Å². The number of phenolic OH excluding ortho intramolecular Hbond substituents is 1. The van der Waals surface area contributed by atoms with Gasteiger partial charge < -0.3 is 14.6 Å². The molecule has 0 fully saturated rings. The third-order valence-electron chi connectivity index (χ3n) is 4.19. The van der Waals surface area contributed by atoms with Crippen LogP contribution in [0.5, 0.6) is 17.2 Å². The Labute approximate surface area is 129 Å². The van der Waals surface area contributed by atoms with Crippen LogP contribution in [-0.4, -0.2) is 25.1 Å². The molecular formula is C18H18O4.